The van der Waals surface area contributed by atoms with Crippen molar-refractivity contribution in [1.29, 1.82) is 0 Å². The van der Waals surface area contributed by atoms with Gasteiger partial charge in [-0.2, -0.15) is 0 Å². The van der Waals surface area contributed by atoms with Gasteiger partial charge in [-0.05, 0) is 49.3 Å². The van der Waals surface area contributed by atoms with Crippen molar-refractivity contribution < 1.29 is 9.59 Å². The normalized spacial score (nSPS) is 27.5. The van der Waals surface area contributed by atoms with Gasteiger partial charge in [0.25, 0.3) is 0 Å². The van der Waals surface area contributed by atoms with Gasteiger partial charge in [-0.25, -0.2) is 0 Å². The number of nitrogens with two attached hydrogens (primary N) is 2. The van der Waals surface area contributed by atoms with Crippen molar-refractivity contribution >= 4 is 17.5 Å². The second-order valence-electron chi connectivity index (χ2n) is 5.95. The van der Waals surface area contributed by atoms with Crippen molar-refractivity contribution in [2.45, 2.75) is 31.7 Å². The van der Waals surface area contributed by atoms with Crippen LogP contribution in [0.25, 0.3) is 0 Å². The lowest BCUT2D eigenvalue weighted by atomic mass is 9.95. The van der Waals surface area contributed by atoms with Gasteiger partial charge in [0.15, 0.2) is 0 Å². The fourth-order valence-corrected chi connectivity index (χ4v) is 3.63. The minimum Gasteiger partial charge on any atom is -0.382 e. The Balaban J connectivity index is 1.85. The smallest absolute Gasteiger partial charge is 0.248 e. The third kappa shape index (κ3) is 2.35. The van der Waals surface area contributed by atoms with Crippen LogP contribution in [0, 0.1) is 11.8 Å². The van der Waals surface area contributed by atoms with E-state index in [-0.39, 0.29) is 0 Å². The Hall–Kier alpha value is -2.04. The summed E-state index contributed by atoms with van der Waals surface area (Å²) in [6, 6.07) is 5.26. The topological polar surface area (TPSA) is 98.2 Å². The van der Waals surface area contributed by atoms with Crippen LogP contribution in [-0.2, 0) is 0 Å². The van der Waals surface area contributed by atoms with Crippen molar-refractivity contribution in [2.75, 3.05) is 5.32 Å². The molecule has 2 amide bonds. The summed E-state index contributed by atoms with van der Waals surface area (Å²) in [6.45, 7) is 0. The molecule has 2 saturated carbocycles. The summed E-state index contributed by atoms with van der Waals surface area (Å²) in [5, 5.41) is 3.45. The van der Waals surface area contributed by atoms with Crippen LogP contribution in [0.5, 0.6) is 0 Å². The molecule has 2 aliphatic carbocycles. The predicted molar refractivity (Wildman–Crippen MR) is 76.3 cm³/mol. The van der Waals surface area contributed by atoms with Crippen molar-refractivity contribution in [3.05, 3.63) is 29.3 Å². The second kappa shape index (κ2) is 4.81. The first-order valence-electron chi connectivity index (χ1n) is 7.04. The molecule has 3 unspecified atom stereocenters. The highest BCUT2D eigenvalue weighted by Crippen LogP contribution is 2.45. The minimum atomic E-state index is -0.552. The van der Waals surface area contributed by atoms with Crippen LogP contribution >= 0.6 is 0 Å². The number of primary amides is 2. The molecule has 0 saturated heterocycles. The molecular weight excluding hydrogens is 254 g/mol. The van der Waals surface area contributed by atoms with Gasteiger partial charge in [0.2, 0.25) is 11.8 Å². The van der Waals surface area contributed by atoms with Crippen molar-refractivity contribution in [3.8, 4) is 0 Å². The lowest BCUT2D eigenvalue weighted by Crippen LogP contribution is -2.26. The lowest BCUT2D eigenvalue weighted by Gasteiger charge is -2.24. The summed E-state index contributed by atoms with van der Waals surface area (Å²) in [6.07, 6.45) is 5.05. The van der Waals surface area contributed by atoms with Crippen LogP contribution in [-0.4, -0.2) is 17.9 Å². The number of fused-ring (bicyclic) bond motifs is 2. The van der Waals surface area contributed by atoms with Gasteiger partial charge in [-0.3, -0.25) is 9.59 Å². The minimum absolute atomic E-state index is 0.312. The molecule has 1 aromatic rings. The molecule has 5 heteroatoms. The van der Waals surface area contributed by atoms with Crippen molar-refractivity contribution in [3.63, 3.8) is 0 Å². The molecule has 106 valence electrons. The highest BCUT2D eigenvalue weighted by atomic mass is 16.1. The monoisotopic (exact) mass is 273 g/mol. The number of hydrogen-bond donors (Lipinski definition) is 3. The third-order valence-corrected chi connectivity index (χ3v) is 4.59. The largest absolute Gasteiger partial charge is 0.382 e. The standard InChI is InChI=1S/C15H19N3O2/c16-14(19)10-5-11(15(17)20)7-12(6-10)18-13-4-8-1-2-9(13)3-8/h5-9,13,18H,1-4H2,(H2,16,19)(H2,17,20). The quantitative estimate of drug-likeness (QED) is 0.775. The number of amides is 2. The molecule has 0 heterocycles. The van der Waals surface area contributed by atoms with Crippen LogP contribution < -0.4 is 16.8 Å². The van der Waals surface area contributed by atoms with E-state index >= 15 is 0 Å². The molecule has 1 aromatic carbocycles. The van der Waals surface area contributed by atoms with Crippen molar-refractivity contribution in [2.24, 2.45) is 23.3 Å². The molecule has 5 N–H and O–H groups in total. The van der Waals surface area contributed by atoms with E-state index < -0.39 is 11.8 Å². The fourth-order valence-electron chi connectivity index (χ4n) is 3.63. The zero-order chi connectivity index (χ0) is 14.3. The lowest BCUT2D eigenvalue weighted by molar-refractivity contribution is 0.0999. The molecule has 5 nitrogen and oxygen atoms in total. The summed E-state index contributed by atoms with van der Waals surface area (Å²) in [4.78, 5) is 22.7. The fraction of sp³-hybridized carbons (Fsp3) is 0.467. The summed E-state index contributed by atoms with van der Waals surface area (Å²) in [5.74, 6) is 0.426. The molecule has 3 rings (SSSR count). The summed E-state index contributed by atoms with van der Waals surface area (Å²) in [7, 11) is 0. The molecule has 2 fully saturated rings. The van der Waals surface area contributed by atoms with Crippen LogP contribution in [0.2, 0.25) is 0 Å². The zero-order valence-corrected chi connectivity index (χ0v) is 11.3. The van der Waals surface area contributed by atoms with Gasteiger partial charge in [-0.15, -0.1) is 0 Å². The molecule has 2 bridgehead atoms. The van der Waals surface area contributed by atoms with E-state index in [9.17, 15) is 9.59 Å². The number of anilines is 1. The van der Waals surface area contributed by atoms with Gasteiger partial charge in [0, 0.05) is 22.9 Å². The molecule has 0 aromatic heterocycles. The zero-order valence-electron chi connectivity index (χ0n) is 11.3. The Bertz CT molecular complexity index is 538. The Morgan fingerprint density at radius 1 is 1.00 bits per heavy atom. The van der Waals surface area contributed by atoms with Crippen LogP contribution in [0.3, 0.4) is 0 Å². The Morgan fingerprint density at radius 3 is 2.10 bits per heavy atom. The maximum Gasteiger partial charge on any atom is 0.248 e. The number of nitrogens with one attached hydrogen (secondary N) is 1. The van der Waals surface area contributed by atoms with E-state index in [4.69, 9.17) is 11.5 Å². The van der Waals surface area contributed by atoms with Gasteiger partial charge in [0.05, 0.1) is 0 Å². The molecule has 20 heavy (non-hydrogen) atoms. The number of carbonyl (C=O) groups excluding carboxylic acids is 2. The summed E-state index contributed by atoms with van der Waals surface area (Å²) in [5.41, 5.74) is 12.0. The molecule has 2 aliphatic rings. The second-order valence-corrected chi connectivity index (χ2v) is 5.95. The maximum absolute atomic E-state index is 11.3. The molecule has 0 spiro atoms. The van der Waals surface area contributed by atoms with E-state index in [2.05, 4.69) is 5.32 Å². The molecule has 0 radical (unpaired) electrons. The van der Waals surface area contributed by atoms with E-state index in [1.807, 2.05) is 0 Å². The first-order chi connectivity index (χ1) is 9.52. The summed E-state index contributed by atoms with van der Waals surface area (Å²) >= 11 is 0. The highest BCUT2D eigenvalue weighted by molar-refractivity contribution is 5.99. The number of rotatable bonds is 4. The van der Waals surface area contributed by atoms with E-state index in [1.165, 1.54) is 25.3 Å². The first-order valence-corrected chi connectivity index (χ1v) is 7.04. The average Bonchev–Trinajstić information content (AvgIpc) is 3.00. The number of hydrogen-bond acceptors (Lipinski definition) is 3. The Labute approximate surface area is 117 Å². The molecule has 0 aliphatic heterocycles. The molecule has 3 atom stereocenters. The van der Waals surface area contributed by atoms with Crippen LogP contribution in [0.15, 0.2) is 18.2 Å². The third-order valence-electron chi connectivity index (χ3n) is 4.59. The number of carbonyl (C=O) groups is 2. The predicted octanol–water partition coefficient (Wildman–Crippen LogP) is 1.48. The maximum atomic E-state index is 11.3. The molecular formula is C15H19N3O2. The van der Waals surface area contributed by atoms with E-state index in [0.29, 0.717) is 23.1 Å². The van der Waals surface area contributed by atoms with Crippen LogP contribution in [0.4, 0.5) is 5.69 Å². The van der Waals surface area contributed by atoms with Gasteiger partial charge < -0.3 is 16.8 Å². The highest BCUT2D eigenvalue weighted by Gasteiger charge is 2.39. The SMILES string of the molecule is NC(=O)c1cc(NC2CC3CCC2C3)cc(C(N)=O)c1. The Morgan fingerprint density at radius 2 is 1.65 bits per heavy atom. The van der Waals surface area contributed by atoms with E-state index in [1.54, 1.807) is 12.1 Å². The van der Waals surface area contributed by atoms with E-state index in [0.717, 1.165) is 18.0 Å². The Kier molecular flexibility index (Phi) is 3.12. The van der Waals surface area contributed by atoms with Crippen LogP contribution in [0.1, 0.15) is 46.4 Å². The average molecular weight is 273 g/mol. The van der Waals surface area contributed by atoms with Gasteiger partial charge in [-0.1, -0.05) is 6.42 Å². The van der Waals surface area contributed by atoms with Crippen molar-refractivity contribution in [1.82, 2.24) is 0 Å². The van der Waals surface area contributed by atoms with Gasteiger partial charge in [0.1, 0.15) is 0 Å². The van der Waals surface area contributed by atoms with Gasteiger partial charge >= 0.3 is 0 Å². The summed E-state index contributed by atoms with van der Waals surface area (Å²) < 4.78 is 0. The first kappa shape index (κ1) is 13.0. The number of benzene rings is 1.